The van der Waals surface area contributed by atoms with E-state index in [2.05, 4.69) is 55.5 Å². The van der Waals surface area contributed by atoms with Crippen LogP contribution in [0.2, 0.25) is 0 Å². The lowest BCUT2D eigenvalue weighted by Crippen LogP contribution is -2.10. The first-order chi connectivity index (χ1) is 9.29. The lowest BCUT2D eigenvalue weighted by Gasteiger charge is -2.11. The minimum absolute atomic E-state index is 0.163. The fraction of sp³-hybridized carbons (Fsp3) is 0.333. The molecule has 0 bridgehead atoms. The van der Waals surface area contributed by atoms with Crippen LogP contribution in [0.4, 0.5) is 0 Å². The molecule has 1 heteroatoms. The van der Waals surface area contributed by atoms with E-state index in [0.717, 1.165) is 25.7 Å². The summed E-state index contributed by atoms with van der Waals surface area (Å²) >= 11 is 0. The monoisotopic (exact) mass is 253 g/mol. The first kappa shape index (κ1) is 13.8. The van der Waals surface area contributed by atoms with Gasteiger partial charge in [-0.15, -0.1) is 0 Å². The van der Waals surface area contributed by atoms with Crippen molar-refractivity contribution in [1.82, 2.24) is 0 Å². The van der Waals surface area contributed by atoms with Gasteiger partial charge in [-0.1, -0.05) is 61.5 Å². The highest BCUT2D eigenvalue weighted by Crippen LogP contribution is 2.17. The van der Waals surface area contributed by atoms with Gasteiger partial charge >= 0.3 is 0 Å². The van der Waals surface area contributed by atoms with Crippen molar-refractivity contribution in [3.8, 4) is 0 Å². The van der Waals surface area contributed by atoms with Crippen molar-refractivity contribution in [2.24, 2.45) is 5.73 Å². The van der Waals surface area contributed by atoms with Crippen LogP contribution in [0, 0.1) is 0 Å². The van der Waals surface area contributed by atoms with Gasteiger partial charge in [0, 0.05) is 6.04 Å². The average Bonchev–Trinajstić information content (AvgIpc) is 2.49. The largest absolute Gasteiger partial charge is 0.324 e. The van der Waals surface area contributed by atoms with Crippen molar-refractivity contribution in [3.63, 3.8) is 0 Å². The third kappa shape index (κ3) is 4.22. The Morgan fingerprint density at radius 1 is 0.895 bits per heavy atom. The first-order valence-electron chi connectivity index (χ1n) is 7.18. The van der Waals surface area contributed by atoms with E-state index < -0.39 is 0 Å². The SMILES string of the molecule is CCc1ccc(CCCC(N)c2ccccc2)cc1. The molecular formula is C18H23N. The summed E-state index contributed by atoms with van der Waals surface area (Å²) in [4.78, 5) is 0. The van der Waals surface area contributed by atoms with Gasteiger partial charge in [-0.2, -0.15) is 0 Å². The fourth-order valence-electron chi connectivity index (χ4n) is 2.33. The molecule has 2 aromatic carbocycles. The van der Waals surface area contributed by atoms with E-state index in [1.54, 1.807) is 0 Å². The summed E-state index contributed by atoms with van der Waals surface area (Å²) in [6, 6.07) is 19.5. The van der Waals surface area contributed by atoms with E-state index in [4.69, 9.17) is 5.73 Å². The molecule has 0 heterocycles. The van der Waals surface area contributed by atoms with Crippen LogP contribution in [0.15, 0.2) is 54.6 Å². The standard InChI is InChI=1S/C18H23N/c1-2-15-11-13-16(14-12-15)7-6-10-18(19)17-8-4-3-5-9-17/h3-5,8-9,11-14,18H,2,6-7,10,19H2,1H3. The van der Waals surface area contributed by atoms with Gasteiger partial charge in [0.2, 0.25) is 0 Å². The van der Waals surface area contributed by atoms with E-state index in [9.17, 15) is 0 Å². The van der Waals surface area contributed by atoms with Crippen LogP contribution in [-0.4, -0.2) is 0 Å². The highest BCUT2D eigenvalue weighted by molar-refractivity contribution is 5.23. The summed E-state index contributed by atoms with van der Waals surface area (Å²) in [5.41, 5.74) is 10.3. The van der Waals surface area contributed by atoms with Crippen LogP contribution in [0.25, 0.3) is 0 Å². The lowest BCUT2D eigenvalue weighted by atomic mass is 9.99. The van der Waals surface area contributed by atoms with Gasteiger partial charge < -0.3 is 5.73 Å². The molecule has 2 N–H and O–H groups in total. The third-order valence-corrected chi connectivity index (χ3v) is 3.64. The molecule has 100 valence electrons. The Hall–Kier alpha value is -1.60. The van der Waals surface area contributed by atoms with E-state index in [1.807, 2.05) is 6.07 Å². The van der Waals surface area contributed by atoms with Gasteiger partial charge in [0.25, 0.3) is 0 Å². The van der Waals surface area contributed by atoms with Gasteiger partial charge in [-0.05, 0) is 42.4 Å². The molecule has 2 rings (SSSR count). The Bertz CT molecular complexity index is 473. The smallest absolute Gasteiger partial charge is 0.0294 e. The molecule has 0 amide bonds. The summed E-state index contributed by atoms with van der Waals surface area (Å²) in [5.74, 6) is 0. The molecule has 0 aliphatic carbocycles. The second-order valence-electron chi connectivity index (χ2n) is 5.08. The molecular weight excluding hydrogens is 230 g/mol. The number of aryl methyl sites for hydroxylation is 2. The number of rotatable bonds is 6. The second-order valence-corrected chi connectivity index (χ2v) is 5.08. The van der Waals surface area contributed by atoms with Crippen molar-refractivity contribution < 1.29 is 0 Å². The van der Waals surface area contributed by atoms with E-state index >= 15 is 0 Å². The predicted octanol–water partition coefficient (Wildman–Crippen LogP) is 4.27. The maximum Gasteiger partial charge on any atom is 0.0294 e. The molecule has 2 aromatic rings. The van der Waals surface area contributed by atoms with Gasteiger partial charge in [0.15, 0.2) is 0 Å². The normalized spacial score (nSPS) is 12.3. The molecule has 1 unspecified atom stereocenters. The van der Waals surface area contributed by atoms with Crippen LogP contribution >= 0.6 is 0 Å². The topological polar surface area (TPSA) is 26.0 Å². The minimum Gasteiger partial charge on any atom is -0.324 e. The summed E-state index contributed by atoms with van der Waals surface area (Å²) in [7, 11) is 0. The van der Waals surface area contributed by atoms with Crippen LogP contribution in [0.5, 0.6) is 0 Å². The molecule has 0 aromatic heterocycles. The maximum atomic E-state index is 6.20. The van der Waals surface area contributed by atoms with E-state index in [1.165, 1.54) is 16.7 Å². The van der Waals surface area contributed by atoms with Crippen LogP contribution in [0.3, 0.4) is 0 Å². The average molecular weight is 253 g/mol. The Labute approximate surface area is 116 Å². The van der Waals surface area contributed by atoms with Crippen molar-refractivity contribution in [2.45, 2.75) is 38.6 Å². The highest BCUT2D eigenvalue weighted by Gasteiger charge is 2.04. The maximum absolute atomic E-state index is 6.20. The molecule has 0 radical (unpaired) electrons. The molecule has 0 aliphatic heterocycles. The van der Waals surface area contributed by atoms with Gasteiger partial charge in [0.05, 0.1) is 0 Å². The Morgan fingerprint density at radius 3 is 2.16 bits per heavy atom. The van der Waals surface area contributed by atoms with Gasteiger partial charge in [-0.25, -0.2) is 0 Å². The van der Waals surface area contributed by atoms with Crippen molar-refractivity contribution >= 4 is 0 Å². The number of hydrogen-bond acceptors (Lipinski definition) is 1. The molecule has 0 saturated carbocycles. The fourth-order valence-corrected chi connectivity index (χ4v) is 2.33. The van der Waals surface area contributed by atoms with Gasteiger partial charge in [0.1, 0.15) is 0 Å². The first-order valence-corrected chi connectivity index (χ1v) is 7.18. The van der Waals surface area contributed by atoms with Crippen molar-refractivity contribution in [2.75, 3.05) is 0 Å². The van der Waals surface area contributed by atoms with E-state index in [-0.39, 0.29) is 6.04 Å². The number of nitrogens with two attached hydrogens (primary N) is 1. The molecule has 1 atom stereocenters. The molecule has 19 heavy (non-hydrogen) atoms. The Balaban J connectivity index is 1.79. The van der Waals surface area contributed by atoms with Crippen molar-refractivity contribution in [1.29, 1.82) is 0 Å². The van der Waals surface area contributed by atoms with Crippen LogP contribution in [-0.2, 0) is 12.8 Å². The van der Waals surface area contributed by atoms with Crippen LogP contribution in [0.1, 0.15) is 42.5 Å². The molecule has 0 saturated heterocycles. The summed E-state index contributed by atoms with van der Waals surface area (Å²) < 4.78 is 0. The number of hydrogen-bond donors (Lipinski definition) is 1. The Kier molecular flexibility index (Phi) is 5.17. The zero-order valence-electron chi connectivity index (χ0n) is 11.7. The molecule has 0 spiro atoms. The van der Waals surface area contributed by atoms with Crippen LogP contribution < -0.4 is 5.73 Å². The third-order valence-electron chi connectivity index (χ3n) is 3.64. The lowest BCUT2D eigenvalue weighted by molar-refractivity contribution is 0.611. The molecule has 1 nitrogen and oxygen atoms in total. The quantitative estimate of drug-likeness (QED) is 0.817. The minimum atomic E-state index is 0.163. The predicted molar refractivity (Wildman–Crippen MR) is 82.1 cm³/mol. The summed E-state index contributed by atoms with van der Waals surface area (Å²) in [6.07, 6.45) is 4.41. The molecule has 0 aliphatic rings. The summed E-state index contributed by atoms with van der Waals surface area (Å²) in [5, 5.41) is 0. The summed E-state index contributed by atoms with van der Waals surface area (Å²) in [6.45, 7) is 2.19. The van der Waals surface area contributed by atoms with Gasteiger partial charge in [-0.3, -0.25) is 0 Å². The molecule has 0 fully saturated rings. The number of benzene rings is 2. The zero-order valence-corrected chi connectivity index (χ0v) is 11.7. The van der Waals surface area contributed by atoms with Crippen molar-refractivity contribution in [3.05, 3.63) is 71.3 Å². The zero-order chi connectivity index (χ0) is 13.5. The Morgan fingerprint density at radius 2 is 1.53 bits per heavy atom. The highest BCUT2D eigenvalue weighted by atomic mass is 14.6. The second kappa shape index (κ2) is 7.10. The van der Waals surface area contributed by atoms with E-state index in [0.29, 0.717) is 0 Å².